The van der Waals surface area contributed by atoms with Crippen LogP contribution in [0.15, 0.2) is 5.57 Å². The SMILES string of the molecule is CC1=C(c2c(C)c(C)c(C)c(C)c2C)CCNC1C. The van der Waals surface area contributed by atoms with Gasteiger partial charge in [-0.05, 0) is 100 Å². The number of hydrogen-bond donors (Lipinski definition) is 1. The summed E-state index contributed by atoms with van der Waals surface area (Å²) in [7, 11) is 0. The second kappa shape index (κ2) is 5.13. The summed E-state index contributed by atoms with van der Waals surface area (Å²) < 4.78 is 0. The largest absolute Gasteiger partial charge is 0.310 e. The average Bonchev–Trinajstić information content (AvgIpc) is 2.39. The number of nitrogens with one attached hydrogen (secondary N) is 1. The Bertz CT molecular complexity index is 520. The summed E-state index contributed by atoms with van der Waals surface area (Å²) in [4.78, 5) is 0. The lowest BCUT2D eigenvalue weighted by Gasteiger charge is -2.29. The van der Waals surface area contributed by atoms with Gasteiger partial charge in [0.15, 0.2) is 0 Å². The minimum absolute atomic E-state index is 0.504. The summed E-state index contributed by atoms with van der Waals surface area (Å²) in [6.45, 7) is 17.0. The van der Waals surface area contributed by atoms with Gasteiger partial charge in [-0.1, -0.05) is 5.57 Å². The highest BCUT2D eigenvalue weighted by Gasteiger charge is 2.21. The first kappa shape index (κ1) is 14.3. The lowest BCUT2D eigenvalue weighted by Crippen LogP contribution is -2.33. The Kier molecular flexibility index (Phi) is 3.87. The molecular weight excluding hydrogens is 230 g/mol. The highest BCUT2D eigenvalue weighted by Crippen LogP contribution is 2.35. The number of benzene rings is 1. The minimum atomic E-state index is 0.504. The van der Waals surface area contributed by atoms with E-state index in [2.05, 4.69) is 53.8 Å². The Hall–Kier alpha value is -1.08. The molecule has 1 aliphatic rings. The standard InChI is InChI=1S/C18H27N/c1-10-11(2)13(4)18(14(5)12(10)3)17-8-9-19-16(7)15(17)6/h16,19H,8-9H2,1-7H3. The first-order valence-electron chi connectivity index (χ1n) is 7.36. The molecule has 1 nitrogen and oxygen atoms in total. The molecule has 1 heteroatoms. The summed E-state index contributed by atoms with van der Waals surface area (Å²) in [6.07, 6.45) is 1.15. The maximum atomic E-state index is 3.55. The van der Waals surface area contributed by atoms with Crippen molar-refractivity contribution in [2.45, 2.75) is 60.9 Å². The van der Waals surface area contributed by atoms with Crippen LogP contribution in [0.25, 0.3) is 5.57 Å². The Labute approximate surface area is 118 Å². The molecule has 0 bridgehead atoms. The zero-order chi connectivity index (χ0) is 14.3. The topological polar surface area (TPSA) is 12.0 Å². The maximum Gasteiger partial charge on any atom is 0.0254 e. The Morgan fingerprint density at radius 1 is 0.789 bits per heavy atom. The van der Waals surface area contributed by atoms with E-state index in [1.807, 2.05) is 0 Å². The fraction of sp³-hybridized carbons (Fsp3) is 0.556. The summed E-state index contributed by atoms with van der Waals surface area (Å²) in [5, 5.41) is 3.55. The molecule has 0 aromatic heterocycles. The van der Waals surface area contributed by atoms with Gasteiger partial charge in [-0.2, -0.15) is 0 Å². The summed E-state index contributed by atoms with van der Waals surface area (Å²) in [5.74, 6) is 0. The van der Waals surface area contributed by atoms with Crippen molar-refractivity contribution in [3.05, 3.63) is 39.0 Å². The second-order valence-electron chi connectivity index (χ2n) is 6.09. The zero-order valence-corrected chi connectivity index (χ0v) is 13.5. The molecule has 1 aliphatic heterocycles. The van der Waals surface area contributed by atoms with Crippen LogP contribution < -0.4 is 5.32 Å². The molecule has 1 aromatic carbocycles. The fourth-order valence-corrected chi connectivity index (χ4v) is 3.30. The van der Waals surface area contributed by atoms with Crippen molar-refractivity contribution in [2.75, 3.05) is 6.54 Å². The van der Waals surface area contributed by atoms with Crippen LogP contribution in [0.1, 0.15) is 53.6 Å². The minimum Gasteiger partial charge on any atom is -0.310 e. The molecule has 2 rings (SSSR count). The third kappa shape index (κ3) is 2.25. The average molecular weight is 257 g/mol. The molecule has 0 saturated carbocycles. The van der Waals surface area contributed by atoms with E-state index in [0.29, 0.717) is 6.04 Å². The molecule has 1 atom stereocenters. The van der Waals surface area contributed by atoms with E-state index in [-0.39, 0.29) is 0 Å². The molecule has 1 aromatic rings. The third-order valence-corrected chi connectivity index (χ3v) is 5.25. The second-order valence-corrected chi connectivity index (χ2v) is 6.09. The normalized spacial score (nSPS) is 20.1. The lowest BCUT2D eigenvalue weighted by molar-refractivity contribution is 0.592. The van der Waals surface area contributed by atoms with Crippen LogP contribution >= 0.6 is 0 Å². The van der Waals surface area contributed by atoms with Crippen LogP contribution in [0.4, 0.5) is 0 Å². The van der Waals surface area contributed by atoms with Gasteiger partial charge in [-0.3, -0.25) is 0 Å². The number of hydrogen-bond acceptors (Lipinski definition) is 1. The smallest absolute Gasteiger partial charge is 0.0254 e. The van der Waals surface area contributed by atoms with E-state index in [0.717, 1.165) is 13.0 Å². The van der Waals surface area contributed by atoms with Crippen LogP contribution in [0, 0.1) is 34.6 Å². The highest BCUT2D eigenvalue weighted by molar-refractivity contribution is 5.77. The van der Waals surface area contributed by atoms with Gasteiger partial charge in [0.25, 0.3) is 0 Å². The van der Waals surface area contributed by atoms with Gasteiger partial charge in [0, 0.05) is 6.04 Å². The molecule has 1 N–H and O–H groups in total. The molecule has 0 aliphatic carbocycles. The van der Waals surface area contributed by atoms with Crippen LogP contribution in [0.5, 0.6) is 0 Å². The van der Waals surface area contributed by atoms with E-state index in [4.69, 9.17) is 0 Å². The van der Waals surface area contributed by atoms with E-state index < -0.39 is 0 Å². The highest BCUT2D eigenvalue weighted by atomic mass is 14.9. The van der Waals surface area contributed by atoms with Crippen molar-refractivity contribution in [1.82, 2.24) is 5.32 Å². The van der Waals surface area contributed by atoms with Gasteiger partial charge in [0.2, 0.25) is 0 Å². The van der Waals surface area contributed by atoms with E-state index >= 15 is 0 Å². The predicted octanol–water partition coefficient (Wildman–Crippen LogP) is 4.38. The van der Waals surface area contributed by atoms with Crippen molar-refractivity contribution in [1.29, 1.82) is 0 Å². The van der Waals surface area contributed by atoms with Gasteiger partial charge in [-0.25, -0.2) is 0 Å². The van der Waals surface area contributed by atoms with Gasteiger partial charge in [0.1, 0.15) is 0 Å². The molecule has 19 heavy (non-hydrogen) atoms. The molecule has 1 heterocycles. The molecule has 0 amide bonds. The zero-order valence-electron chi connectivity index (χ0n) is 13.5. The Morgan fingerprint density at radius 2 is 1.26 bits per heavy atom. The van der Waals surface area contributed by atoms with Gasteiger partial charge >= 0.3 is 0 Å². The van der Waals surface area contributed by atoms with Crippen molar-refractivity contribution in [3.63, 3.8) is 0 Å². The monoisotopic (exact) mass is 257 g/mol. The van der Waals surface area contributed by atoms with E-state index in [1.165, 1.54) is 39.0 Å². The number of rotatable bonds is 1. The summed E-state index contributed by atoms with van der Waals surface area (Å²) >= 11 is 0. The van der Waals surface area contributed by atoms with Crippen molar-refractivity contribution in [2.24, 2.45) is 0 Å². The summed E-state index contributed by atoms with van der Waals surface area (Å²) in [5.41, 5.74) is 11.9. The van der Waals surface area contributed by atoms with Crippen molar-refractivity contribution >= 4 is 5.57 Å². The quantitative estimate of drug-likeness (QED) is 0.787. The van der Waals surface area contributed by atoms with Gasteiger partial charge in [-0.15, -0.1) is 0 Å². The first-order valence-corrected chi connectivity index (χ1v) is 7.36. The molecule has 0 spiro atoms. The molecule has 0 fully saturated rings. The Balaban J connectivity index is 2.73. The van der Waals surface area contributed by atoms with Crippen LogP contribution in [-0.4, -0.2) is 12.6 Å². The summed E-state index contributed by atoms with van der Waals surface area (Å²) in [6, 6.07) is 0.504. The van der Waals surface area contributed by atoms with Crippen molar-refractivity contribution in [3.8, 4) is 0 Å². The Morgan fingerprint density at radius 3 is 1.79 bits per heavy atom. The third-order valence-electron chi connectivity index (χ3n) is 5.25. The van der Waals surface area contributed by atoms with Crippen molar-refractivity contribution < 1.29 is 0 Å². The maximum absolute atomic E-state index is 3.55. The molecule has 0 radical (unpaired) electrons. The van der Waals surface area contributed by atoms with E-state index in [9.17, 15) is 0 Å². The predicted molar refractivity (Wildman–Crippen MR) is 84.8 cm³/mol. The lowest BCUT2D eigenvalue weighted by atomic mass is 9.81. The van der Waals surface area contributed by atoms with Gasteiger partial charge in [0.05, 0.1) is 0 Å². The van der Waals surface area contributed by atoms with Gasteiger partial charge < -0.3 is 5.32 Å². The molecule has 1 unspecified atom stereocenters. The molecular formula is C18H27N. The first-order chi connectivity index (χ1) is 8.86. The molecule has 104 valence electrons. The van der Waals surface area contributed by atoms with Crippen LogP contribution in [0.3, 0.4) is 0 Å². The van der Waals surface area contributed by atoms with E-state index in [1.54, 1.807) is 5.57 Å². The van der Waals surface area contributed by atoms with Crippen LogP contribution in [-0.2, 0) is 0 Å². The van der Waals surface area contributed by atoms with Crippen LogP contribution in [0.2, 0.25) is 0 Å². The molecule has 0 saturated heterocycles. The fourth-order valence-electron chi connectivity index (χ4n) is 3.30.